The fourth-order valence-corrected chi connectivity index (χ4v) is 1.15. The summed E-state index contributed by atoms with van der Waals surface area (Å²) in [5, 5.41) is 1.78. The van der Waals surface area contributed by atoms with Crippen molar-refractivity contribution < 1.29 is 0 Å². The quantitative estimate of drug-likeness (QED) is 0.508. The molecule has 0 aliphatic rings. The van der Waals surface area contributed by atoms with Crippen LogP contribution in [0.5, 0.6) is 0 Å². The minimum atomic E-state index is 0.448. The van der Waals surface area contributed by atoms with Gasteiger partial charge in [0.05, 0.1) is 0 Å². The maximum absolute atomic E-state index is 5.84. The van der Waals surface area contributed by atoms with Gasteiger partial charge in [-0.2, -0.15) is 0 Å². The van der Waals surface area contributed by atoms with Gasteiger partial charge >= 0.3 is 0 Å². The van der Waals surface area contributed by atoms with Gasteiger partial charge in [0.15, 0.2) is 0 Å². The van der Waals surface area contributed by atoms with Gasteiger partial charge in [-0.15, -0.1) is 0 Å². The molecule has 0 aromatic rings. The molecule has 0 saturated carbocycles. The second kappa shape index (κ2) is 6.03. The van der Waals surface area contributed by atoms with Crippen molar-refractivity contribution in [3.05, 3.63) is 12.3 Å². The molecular formula is C11H24N2. The van der Waals surface area contributed by atoms with E-state index < -0.39 is 0 Å². The van der Waals surface area contributed by atoms with Gasteiger partial charge in [0.25, 0.3) is 0 Å². The van der Waals surface area contributed by atoms with E-state index in [4.69, 9.17) is 5.84 Å². The summed E-state index contributed by atoms with van der Waals surface area (Å²) in [6, 6.07) is 0. The van der Waals surface area contributed by atoms with Crippen molar-refractivity contribution in [2.45, 2.75) is 40.5 Å². The molecule has 0 bridgehead atoms. The van der Waals surface area contributed by atoms with E-state index in [0.29, 0.717) is 5.92 Å². The van der Waals surface area contributed by atoms with Crippen molar-refractivity contribution in [3.8, 4) is 0 Å². The van der Waals surface area contributed by atoms with Crippen LogP contribution in [-0.2, 0) is 0 Å². The van der Waals surface area contributed by atoms with Gasteiger partial charge < -0.3 is 5.01 Å². The first kappa shape index (κ1) is 12.5. The minimum absolute atomic E-state index is 0.448. The van der Waals surface area contributed by atoms with Crippen LogP contribution >= 0.6 is 0 Å². The van der Waals surface area contributed by atoms with Gasteiger partial charge in [0.2, 0.25) is 0 Å². The van der Waals surface area contributed by atoms with Crippen LogP contribution in [0.25, 0.3) is 0 Å². The molecule has 2 heteroatoms. The van der Waals surface area contributed by atoms with Gasteiger partial charge in [0.1, 0.15) is 0 Å². The fourth-order valence-electron chi connectivity index (χ4n) is 1.15. The third-order valence-electron chi connectivity index (χ3n) is 2.22. The highest BCUT2D eigenvalue weighted by atomic mass is 15.4. The highest BCUT2D eigenvalue weighted by Gasteiger charge is 2.06. The lowest BCUT2D eigenvalue weighted by molar-refractivity contribution is 0.310. The van der Waals surface area contributed by atoms with Crippen molar-refractivity contribution >= 4 is 0 Å². The number of hydrogen-bond acceptors (Lipinski definition) is 2. The third-order valence-corrected chi connectivity index (χ3v) is 2.22. The molecule has 2 N–H and O–H groups in total. The molecule has 0 amide bonds. The van der Waals surface area contributed by atoms with Crippen LogP contribution in [0.15, 0.2) is 12.3 Å². The first-order chi connectivity index (χ1) is 5.95. The Morgan fingerprint density at radius 1 is 1.31 bits per heavy atom. The topological polar surface area (TPSA) is 29.3 Å². The number of allylic oxidation sites excluding steroid dienone is 1. The normalized spacial score (nSPS) is 11.0. The van der Waals surface area contributed by atoms with Crippen molar-refractivity contribution in [1.82, 2.24) is 5.01 Å². The highest BCUT2D eigenvalue weighted by molar-refractivity contribution is 4.94. The maximum Gasteiger partial charge on any atom is 0.0338 e. The summed E-state index contributed by atoms with van der Waals surface area (Å²) in [7, 11) is 0. The van der Waals surface area contributed by atoms with E-state index in [1.54, 1.807) is 5.01 Å². The van der Waals surface area contributed by atoms with Crippen molar-refractivity contribution in [2.24, 2.45) is 17.7 Å². The van der Waals surface area contributed by atoms with Crippen LogP contribution in [-0.4, -0.2) is 11.6 Å². The molecule has 0 unspecified atom stereocenters. The predicted octanol–water partition coefficient (Wildman–Crippen LogP) is 2.77. The van der Waals surface area contributed by atoms with E-state index in [-0.39, 0.29) is 0 Å². The lowest BCUT2D eigenvalue weighted by Gasteiger charge is -2.23. The minimum Gasteiger partial charge on any atom is -0.316 e. The second-order valence-corrected chi connectivity index (χ2v) is 4.38. The Balaban J connectivity index is 3.62. The summed E-state index contributed by atoms with van der Waals surface area (Å²) < 4.78 is 0. The average molecular weight is 184 g/mol. The van der Waals surface area contributed by atoms with Gasteiger partial charge in [0, 0.05) is 12.2 Å². The zero-order valence-electron chi connectivity index (χ0n) is 9.51. The molecule has 0 heterocycles. The van der Waals surface area contributed by atoms with Crippen LogP contribution in [0.3, 0.4) is 0 Å². The Bertz CT molecular complexity index is 150. The first-order valence-electron chi connectivity index (χ1n) is 5.16. The van der Waals surface area contributed by atoms with Crippen LogP contribution in [0.1, 0.15) is 40.5 Å². The Morgan fingerprint density at radius 3 is 2.23 bits per heavy atom. The number of hydrazine groups is 1. The molecule has 0 aliphatic heterocycles. The van der Waals surface area contributed by atoms with E-state index in [0.717, 1.165) is 24.6 Å². The molecule has 0 aromatic carbocycles. The third kappa shape index (κ3) is 5.69. The van der Waals surface area contributed by atoms with Gasteiger partial charge in [-0.3, -0.25) is 0 Å². The lowest BCUT2D eigenvalue weighted by Crippen LogP contribution is -2.32. The average Bonchev–Trinajstić information content (AvgIpc) is 2.02. The first-order valence-corrected chi connectivity index (χ1v) is 5.16. The summed E-state index contributed by atoms with van der Waals surface area (Å²) in [5.41, 5.74) is 1.03. The molecule has 0 spiro atoms. The Labute approximate surface area is 82.8 Å². The van der Waals surface area contributed by atoms with Crippen LogP contribution in [0.2, 0.25) is 0 Å². The highest BCUT2D eigenvalue weighted by Crippen LogP contribution is 2.11. The van der Waals surface area contributed by atoms with Crippen LogP contribution in [0.4, 0.5) is 0 Å². The maximum atomic E-state index is 5.84. The number of nitrogens with zero attached hydrogens (tertiary/aromatic N) is 1. The lowest BCUT2D eigenvalue weighted by atomic mass is 10.1. The zero-order chi connectivity index (χ0) is 10.4. The van der Waals surface area contributed by atoms with E-state index in [1.807, 2.05) is 0 Å². The van der Waals surface area contributed by atoms with Crippen molar-refractivity contribution in [2.75, 3.05) is 6.54 Å². The molecule has 13 heavy (non-hydrogen) atoms. The molecule has 0 saturated heterocycles. The number of rotatable bonds is 6. The van der Waals surface area contributed by atoms with Gasteiger partial charge in [-0.1, -0.05) is 34.3 Å². The molecule has 0 fully saturated rings. The Morgan fingerprint density at radius 2 is 1.85 bits per heavy atom. The molecule has 0 atom stereocenters. The van der Waals surface area contributed by atoms with Crippen LogP contribution in [0, 0.1) is 11.8 Å². The number of nitrogens with two attached hydrogens (primary N) is 1. The van der Waals surface area contributed by atoms with Crippen LogP contribution < -0.4 is 5.84 Å². The SMILES string of the molecule is C=C(C(C)C)N(N)CCCC(C)C. The molecule has 0 aliphatic carbocycles. The zero-order valence-corrected chi connectivity index (χ0v) is 9.51. The molecule has 0 aromatic heterocycles. The largest absolute Gasteiger partial charge is 0.316 e. The van der Waals surface area contributed by atoms with E-state index in [2.05, 4.69) is 34.3 Å². The molecule has 2 nitrogen and oxygen atoms in total. The van der Waals surface area contributed by atoms with E-state index in [1.165, 1.54) is 6.42 Å². The van der Waals surface area contributed by atoms with E-state index in [9.17, 15) is 0 Å². The summed E-state index contributed by atoms with van der Waals surface area (Å²) in [4.78, 5) is 0. The molecule has 78 valence electrons. The molecule has 0 radical (unpaired) electrons. The monoisotopic (exact) mass is 184 g/mol. The van der Waals surface area contributed by atoms with Crippen molar-refractivity contribution in [1.29, 1.82) is 0 Å². The summed E-state index contributed by atoms with van der Waals surface area (Å²) in [5.74, 6) is 7.05. The summed E-state index contributed by atoms with van der Waals surface area (Å²) >= 11 is 0. The molecular weight excluding hydrogens is 160 g/mol. The Kier molecular flexibility index (Phi) is 5.80. The molecule has 0 rings (SSSR count). The number of hydrogen-bond donors (Lipinski definition) is 1. The van der Waals surface area contributed by atoms with Crippen molar-refractivity contribution in [3.63, 3.8) is 0 Å². The smallest absolute Gasteiger partial charge is 0.0338 e. The van der Waals surface area contributed by atoms with Gasteiger partial charge in [-0.25, -0.2) is 5.84 Å². The van der Waals surface area contributed by atoms with E-state index >= 15 is 0 Å². The fraction of sp³-hybridized carbons (Fsp3) is 0.818. The standard InChI is InChI=1S/C11H24N2/c1-9(2)7-6-8-13(12)11(5)10(3)4/h9-10H,5-8,12H2,1-4H3. The second-order valence-electron chi connectivity index (χ2n) is 4.38. The summed E-state index contributed by atoms with van der Waals surface area (Å²) in [6.07, 6.45) is 2.39. The Hall–Kier alpha value is -0.500. The summed E-state index contributed by atoms with van der Waals surface area (Å²) in [6.45, 7) is 13.6. The predicted molar refractivity (Wildman–Crippen MR) is 58.9 cm³/mol. The van der Waals surface area contributed by atoms with Gasteiger partial charge in [-0.05, 0) is 24.7 Å².